The van der Waals surface area contributed by atoms with Gasteiger partial charge in [0.05, 0.1) is 0 Å². The topological polar surface area (TPSA) is 44.4 Å². The molecule has 2 rings (SSSR count). The highest BCUT2D eigenvalue weighted by atomic mass is 16.2. The lowest BCUT2D eigenvalue weighted by atomic mass is 10.0. The lowest BCUT2D eigenvalue weighted by Gasteiger charge is -2.27. The number of carbonyl (C=O) groups excluding carboxylic acids is 1. The lowest BCUT2D eigenvalue weighted by molar-refractivity contribution is -0.123. The van der Waals surface area contributed by atoms with E-state index in [9.17, 15) is 4.79 Å². The minimum absolute atomic E-state index is 0.268. The van der Waals surface area contributed by atoms with E-state index in [4.69, 9.17) is 0 Å². The summed E-state index contributed by atoms with van der Waals surface area (Å²) in [5, 5.41) is 6.41. The van der Waals surface area contributed by atoms with E-state index in [1.165, 1.54) is 0 Å². The van der Waals surface area contributed by atoms with Crippen molar-refractivity contribution in [3.63, 3.8) is 0 Å². The van der Waals surface area contributed by atoms with Crippen molar-refractivity contribution < 1.29 is 4.79 Å². The fourth-order valence-electron chi connectivity index (χ4n) is 2.60. The van der Waals surface area contributed by atoms with Crippen LogP contribution in [0, 0.1) is 11.3 Å². The Bertz CT molecular complexity index is 276. The number of hydrogen-bond donors (Lipinski definition) is 2. The zero-order valence-electron chi connectivity index (χ0n) is 11.1. The fraction of sp³-hybridized carbons (Fsp3) is 0.923. The van der Waals surface area contributed by atoms with Crippen molar-refractivity contribution in [1.29, 1.82) is 0 Å². The summed E-state index contributed by atoms with van der Waals surface area (Å²) in [6, 6.07) is 0. The molecule has 98 valence electrons. The van der Waals surface area contributed by atoms with Crippen molar-refractivity contribution in [2.45, 2.75) is 26.7 Å². The maximum atomic E-state index is 11.9. The number of hydrogen-bond acceptors (Lipinski definition) is 3. The normalized spacial score (nSPS) is 33.4. The van der Waals surface area contributed by atoms with E-state index in [2.05, 4.69) is 29.4 Å². The maximum Gasteiger partial charge on any atom is 0.223 e. The first-order valence-electron chi connectivity index (χ1n) is 6.86. The molecular weight excluding hydrogens is 214 g/mol. The molecule has 1 saturated carbocycles. The number of nitrogens with one attached hydrogen (secondary N) is 2. The van der Waals surface area contributed by atoms with Crippen LogP contribution in [0.25, 0.3) is 0 Å². The molecule has 0 bridgehead atoms. The highest BCUT2D eigenvalue weighted by Crippen LogP contribution is 2.54. The predicted molar refractivity (Wildman–Crippen MR) is 68.8 cm³/mol. The number of nitrogens with zero attached hydrogens (tertiary/aromatic N) is 1. The molecule has 0 radical (unpaired) electrons. The van der Waals surface area contributed by atoms with Crippen molar-refractivity contribution in [3.05, 3.63) is 0 Å². The zero-order chi connectivity index (χ0) is 12.3. The van der Waals surface area contributed by atoms with Crippen LogP contribution < -0.4 is 10.6 Å². The summed E-state index contributed by atoms with van der Waals surface area (Å²) in [7, 11) is 0. The monoisotopic (exact) mass is 239 g/mol. The Kier molecular flexibility index (Phi) is 4.05. The highest BCUT2D eigenvalue weighted by molar-refractivity contribution is 5.82. The summed E-state index contributed by atoms with van der Waals surface area (Å²) in [6.07, 6.45) is 2.19. The molecule has 0 aromatic rings. The SMILES string of the molecule is CCC1(C)CC1C(=O)NCCN1CCNCC1. The fourth-order valence-corrected chi connectivity index (χ4v) is 2.60. The largest absolute Gasteiger partial charge is 0.355 e. The summed E-state index contributed by atoms with van der Waals surface area (Å²) >= 11 is 0. The molecule has 2 fully saturated rings. The standard InChI is InChI=1S/C13H25N3O/c1-3-13(2)10-11(13)12(17)15-6-9-16-7-4-14-5-8-16/h11,14H,3-10H2,1-2H3,(H,15,17). The molecule has 1 saturated heterocycles. The van der Waals surface area contributed by atoms with Crippen molar-refractivity contribution in [1.82, 2.24) is 15.5 Å². The first kappa shape index (κ1) is 12.8. The van der Waals surface area contributed by atoms with Crippen LogP contribution in [0.4, 0.5) is 0 Å². The summed E-state index contributed by atoms with van der Waals surface area (Å²) in [5.74, 6) is 0.542. The molecule has 2 atom stereocenters. The Morgan fingerprint density at radius 3 is 2.76 bits per heavy atom. The number of piperazine rings is 1. The molecular formula is C13H25N3O. The summed E-state index contributed by atoms with van der Waals surface area (Å²) in [6.45, 7) is 10.5. The molecule has 4 heteroatoms. The van der Waals surface area contributed by atoms with E-state index in [-0.39, 0.29) is 11.8 Å². The van der Waals surface area contributed by atoms with Gasteiger partial charge in [-0.3, -0.25) is 9.69 Å². The van der Waals surface area contributed by atoms with E-state index in [0.29, 0.717) is 5.41 Å². The van der Waals surface area contributed by atoms with Crippen molar-refractivity contribution >= 4 is 5.91 Å². The van der Waals surface area contributed by atoms with Crippen LogP contribution in [-0.2, 0) is 4.79 Å². The lowest BCUT2D eigenvalue weighted by Crippen LogP contribution is -2.46. The molecule has 4 nitrogen and oxygen atoms in total. The molecule has 2 aliphatic rings. The maximum absolute atomic E-state index is 11.9. The number of amides is 1. The van der Waals surface area contributed by atoms with E-state index >= 15 is 0 Å². The molecule has 1 heterocycles. The van der Waals surface area contributed by atoms with Gasteiger partial charge in [-0.05, 0) is 18.3 Å². The third kappa shape index (κ3) is 3.19. The van der Waals surface area contributed by atoms with Crippen LogP contribution in [-0.4, -0.2) is 50.1 Å². The predicted octanol–water partition coefficient (Wildman–Crippen LogP) is 0.444. The van der Waals surface area contributed by atoms with E-state index in [0.717, 1.165) is 52.1 Å². The number of rotatable bonds is 5. The van der Waals surface area contributed by atoms with Crippen LogP contribution in [0.1, 0.15) is 26.7 Å². The molecule has 0 aromatic carbocycles. The first-order valence-corrected chi connectivity index (χ1v) is 6.86. The van der Waals surface area contributed by atoms with Crippen LogP contribution in [0.5, 0.6) is 0 Å². The Labute approximate surface area is 104 Å². The van der Waals surface area contributed by atoms with Crippen LogP contribution >= 0.6 is 0 Å². The minimum Gasteiger partial charge on any atom is -0.355 e. The van der Waals surface area contributed by atoms with Crippen molar-refractivity contribution in [2.24, 2.45) is 11.3 Å². The van der Waals surface area contributed by atoms with E-state index in [1.54, 1.807) is 0 Å². The average Bonchev–Trinajstić information content (AvgIpc) is 3.04. The third-order valence-corrected chi connectivity index (χ3v) is 4.41. The third-order valence-electron chi connectivity index (χ3n) is 4.41. The molecule has 1 aliphatic carbocycles. The van der Waals surface area contributed by atoms with Crippen molar-refractivity contribution in [3.8, 4) is 0 Å². The Balaban J connectivity index is 1.61. The second-order valence-electron chi connectivity index (χ2n) is 5.65. The minimum atomic E-state index is 0.268. The average molecular weight is 239 g/mol. The van der Waals surface area contributed by atoms with Gasteiger partial charge in [-0.1, -0.05) is 13.8 Å². The summed E-state index contributed by atoms with van der Waals surface area (Å²) < 4.78 is 0. The van der Waals surface area contributed by atoms with Crippen LogP contribution in [0.2, 0.25) is 0 Å². The summed E-state index contributed by atoms with van der Waals surface area (Å²) in [4.78, 5) is 14.3. The molecule has 0 aromatic heterocycles. The molecule has 0 spiro atoms. The first-order chi connectivity index (χ1) is 8.15. The van der Waals surface area contributed by atoms with Crippen LogP contribution in [0.15, 0.2) is 0 Å². The molecule has 2 N–H and O–H groups in total. The molecule has 17 heavy (non-hydrogen) atoms. The molecule has 1 aliphatic heterocycles. The molecule has 2 unspecified atom stereocenters. The van der Waals surface area contributed by atoms with Crippen LogP contribution in [0.3, 0.4) is 0 Å². The van der Waals surface area contributed by atoms with E-state index < -0.39 is 0 Å². The van der Waals surface area contributed by atoms with Gasteiger partial charge in [-0.25, -0.2) is 0 Å². The highest BCUT2D eigenvalue weighted by Gasteiger charge is 2.52. The Morgan fingerprint density at radius 1 is 1.47 bits per heavy atom. The zero-order valence-corrected chi connectivity index (χ0v) is 11.1. The van der Waals surface area contributed by atoms with E-state index in [1.807, 2.05) is 0 Å². The smallest absolute Gasteiger partial charge is 0.223 e. The van der Waals surface area contributed by atoms with Gasteiger partial charge in [0.2, 0.25) is 5.91 Å². The number of carbonyl (C=O) groups is 1. The van der Waals surface area contributed by atoms with Crippen molar-refractivity contribution in [2.75, 3.05) is 39.3 Å². The molecule has 1 amide bonds. The van der Waals surface area contributed by atoms with Gasteiger partial charge < -0.3 is 10.6 Å². The van der Waals surface area contributed by atoms with Gasteiger partial charge in [-0.15, -0.1) is 0 Å². The van der Waals surface area contributed by atoms with Gasteiger partial charge in [0.15, 0.2) is 0 Å². The van der Waals surface area contributed by atoms with Gasteiger partial charge in [0.1, 0.15) is 0 Å². The summed E-state index contributed by atoms with van der Waals surface area (Å²) in [5.41, 5.74) is 0.291. The van der Waals surface area contributed by atoms with Gasteiger partial charge in [-0.2, -0.15) is 0 Å². The second kappa shape index (κ2) is 5.36. The Hall–Kier alpha value is -0.610. The second-order valence-corrected chi connectivity index (χ2v) is 5.65. The van der Waals surface area contributed by atoms with Gasteiger partial charge >= 0.3 is 0 Å². The van der Waals surface area contributed by atoms with Gasteiger partial charge in [0, 0.05) is 45.2 Å². The van der Waals surface area contributed by atoms with Gasteiger partial charge in [0.25, 0.3) is 0 Å². The Morgan fingerprint density at radius 2 is 2.18 bits per heavy atom. The quantitative estimate of drug-likeness (QED) is 0.732.